The molecule has 5 rings (SSSR count). The summed E-state index contributed by atoms with van der Waals surface area (Å²) >= 11 is 1.67. The molecule has 1 saturated carbocycles. The number of aryl methyl sites for hydroxylation is 1. The number of thiazole rings is 1. The van der Waals surface area contributed by atoms with E-state index in [9.17, 15) is 0 Å². The number of anilines is 1. The second kappa shape index (κ2) is 5.67. The summed E-state index contributed by atoms with van der Waals surface area (Å²) in [6, 6.07) is 11.1. The number of aromatic nitrogens is 4. The lowest BCUT2D eigenvalue weighted by Gasteiger charge is -2.08. The van der Waals surface area contributed by atoms with Gasteiger partial charge in [-0.3, -0.25) is 4.68 Å². The third-order valence-corrected chi connectivity index (χ3v) is 5.27. The van der Waals surface area contributed by atoms with E-state index in [0.29, 0.717) is 6.04 Å². The van der Waals surface area contributed by atoms with Crippen molar-refractivity contribution in [1.29, 1.82) is 0 Å². The van der Waals surface area contributed by atoms with E-state index >= 15 is 0 Å². The lowest BCUT2D eigenvalue weighted by Crippen LogP contribution is -1.99. The highest BCUT2D eigenvalue weighted by atomic mass is 32.1. The molecular formula is C19H17N5S. The van der Waals surface area contributed by atoms with E-state index in [1.54, 1.807) is 16.0 Å². The van der Waals surface area contributed by atoms with Crippen molar-refractivity contribution < 1.29 is 0 Å². The highest BCUT2D eigenvalue weighted by Crippen LogP contribution is 2.35. The summed E-state index contributed by atoms with van der Waals surface area (Å²) in [7, 11) is 1.91. The minimum Gasteiger partial charge on any atom is -0.359 e. The fourth-order valence-corrected chi connectivity index (χ4v) is 3.80. The maximum absolute atomic E-state index is 4.78. The maximum atomic E-state index is 4.78. The molecule has 0 spiro atoms. The van der Waals surface area contributed by atoms with Crippen molar-refractivity contribution in [2.45, 2.75) is 18.9 Å². The average molecular weight is 347 g/mol. The van der Waals surface area contributed by atoms with Crippen molar-refractivity contribution in [2.75, 3.05) is 5.32 Å². The number of hydrogen-bond donors (Lipinski definition) is 1. The quantitative estimate of drug-likeness (QED) is 0.597. The Hall–Kier alpha value is -2.73. The number of fused-ring (bicyclic) bond motifs is 1. The van der Waals surface area contributed by atoms with Crippen LogP contribution in [0.5, 0.6) is 0 Å². The Bertz CT molecular complexity index is 1060. The molecule has 1 aromatic carbocycles. The van der Waals surface area contributed by atoms with Crippen LogP contribution < -0.4 is 5.32 Å². The number of rotatable bonds is 4. The van der Waals surface area contributed by atoms with Gasteiger partial charge in [0.25, 0.3) is 0 Å². The number of benzene rings is 1. The lowest BCUT2D eigenvalue weighted by atomic mass is 9.99. The van der Waals surface area contributed by atoms with Crippen LogP contribution in [-0.4, -0.2) is 25.8 Å². The van der Waals surface area contributed by atoms with Crippen molar-refractivity contribution in [1.82, 2.24) is 19.7 Å². The first kappa shape index (κ1) is 14.6. The van der Waals surface area contributed by atoms with Gasteiger partial charge in [0.05, 0.1) is 11.9 Å². The summed E-state index contributed by atoms with van der Waals surface area (Å²) < 4.78 is 1.79. The van der Waals surface area contributed by atoms with Gasteiger partial charge in [-0.15, -0.1) is 11.3 Å². The first-order valence-corrected chi connectivity index (χ1v) is 9.25. The molecule has 6 heteroatoms. The van der Waals surface area contributed by atoms with E-state index in [1.807, 2.05) is 19.4 Å². The largest absolute Gasteiger partial charge is 0.359 e. The second-order valence-corrected chi connectivity index (χ2v) is 7.27. The zero-order chi connectivity index (χ0) is 16.8. The smallest absolute Gasteiger partial charge is 0.183 e. The molecule has 0 aliphatic heterocycles. The van der Waals surface area contributed by atoms with Crippen LogP contribution in [-0.2, 0) is 7.05 Å². The molecule has 1 aliphatic rings. The summed E-state index contributed by atoms with van der Waals surface area (Å²) in [6.45, 7) is 0. The van der Waals surface area contributed by atoms with Crippen molar-refractivity contribution in [3.63, 3.8) is 0 Å². The summed E-state index contributed by atoms with van der Waals surface area (Å²) in [5.41, 5.74) is 5.26. The molecule has 25 heavy (non-hydrogen) atoms. The summed E-state index contributed by atoms with van der Waals surface area (Å²) in [5, 5.41) is 11.9. The van der Waals surface area contributed by atoms with Gasteiger partial charge < -0.3 is 5.32 Å². The molecule has 1 N–H and O–H groups in total. The number of hydrogen-bond acceptors (Lipinski definition) is 5. The fourth-order valence-electron chi connectivity index (χ4n) is 3.01. The molecular weight excluding hydrogens is 330 g/mol. The molecule has 4 aromatic rings. The fraction of sp³-hybridized carbons (Fsp3) is 0.211. The monoisotopic (exact) mass is 347 g/mol. The number of nitrogens with zero attached hydrogens (tertiary/aromatic N) is 4. The zero-order valence-corrected chi connectivity index (χ0v) is 14.6. The van der Waals surface area contributed by atoms with Crippen LogP contribution in [0.2, 0.25) is 0 Å². The van der Waals surface area contributed by atoms with Crippen LogP contribution in [0.3, 0.4) is 0 Å². The molecule has 0 amide bonds. The Morgan fingerprint density at radius 1 is 1.16 bits per heavy atom. The van der Waals surface area contributed by atoms with E-state index < -0.39 is 0 Å². The van der Waals surface area contributed by atoms with Crippen LogP contribution in [0, 0.1) is 0 Å². The lowest BCUT2D eigenvalue weighted by molar-refractivity contribution is 0.786. The molecule has 5 nitrogen and oxygen atoms in total. The van der Waals surface area contributed by atoms with Gasteiger partial charge in [0.1, 0.15) is 0 Å². The van der Waals surface area contributed by atoms with Crippen molar-refractivity contribution in [3.05, 3.63) is 48.1 Å². The molecule has 1 fully saturated rings. The van der Waals surface area contributed by atoms with E-state index in [1.165, 1.54) is 12.8 Å². The van der Waals surface area contributed by atoms with Gasteiger partial charge in [-0.05, 0) is 24.5 Å². The molecule has 0 radical (unpaired) electrons. The SMILES string of the molecule is Cn1ncc2cc(-c3ccccc3-c3csc(NC4CC4)n3)cnc21. The van der Waals surface area contributed by atoms with Crippen LogP contribution in [0.25, 0.3) is 33.4 Å². The molecule has 0 bridgehead atoms. The molecule has 124 valence electrons. The zero-order valence-electron chi connectivity index (χ0n) is 13.8. The van der Waals surface area contributed by atoms with E-state index in [0.717, 1.165) is 38.5 Å². The highest BCUT2D eigenvalue weighted by molar-refractivity contribution is 7.14. The normalized spacial score (nSPS) is 14.1. The predicted octanol–water partition coefficient (Wildman–Crippen LogP) is 4.33. The van der Waals surface area contributed by atoms with Gasteiger partial charge in [0.2, 0.25) is 0 Å². The van der Waals surface area contributed by atoms with Crippen LogP contribution in [0.4, 0.5) is 5.13 Å². The molecule has 0 atom stereocenters. The first-order valence-electron chi connectivity index (χ1n) is 8.37. The standard InChI is InChI=1S/C19H17N5S/c1-24-18-13(10-21-24)8-12(9-20-18)15-4-2-3-5-16(15)17-11-25-19(23-17)22-14-6-7-14/h2-5,8-11,14H,6-7H2,1H3,(H,22,23). The average Bonchev–Trinajstić information content (AvgIpc) is 3.20. The maximum Gasteiger partial charge on any atom is 0.183 e. The van der Waals surface area contributed by atoms with E-state index in [-0.39, 0.29) is 0 Å². The van der Waals surface area contributed by atoms with Crippen molar-refractivity contribution in [2.24, 2.45) is 7.05 Å². The Kier molecular flexibility index (Phi) is 3.31. The Labute approximate surface area is 149 Å². The Morgan fingerprint density at radius 3 is 2.84 bits per heavy atom. The summed E-state index contributed by atoms with van der Waals surface area (Å²) in [5.74, 6) is 0. The molecule has 0 unspecified atom stereocenters. The van der Waals surface area contributed by atoms with Gasteiger partial charge in [-0.1, -0.05) is 24.3 Å². The third-order valence-electron chi connectivity index (χ3n) is 4.49. The van der Waals surface area contributed by atoms with Gasteiger partial charge in [-0.2, -0.15) is 5.10 Å². The first-order chi connectivity index (χ1) is 12.3. The number of pyridine rings is 1. The molecule has 0 saturated heterocycles. The van der Waals surface area contributed by atoms with Gasteiger partial charge in [-0.25, -0.2) is 9.97 Å². The van der Waals surface area contributed by atoms with Crippen molar-refractivity contribution in [3.8, 4) is 22.4 Å². The third kappa shape index (κ3) is 2.68. The Balaban J connectivity index is 1.57. The minimum absolute atomic E-state index is 0.617. The van der Waals surface area contributed by atoms with Gasteiger partial charge >= 0.3 is 0 Å². The van der Waals surface area contributed by atoms with Gasteiger partial charge in [0.15, 0.2) is 10.8 Å². The van der Waals surface area contributed by atoms with Gasteiger partial charge in [0, 0.05) is 41.2 Å². The summed E-state index contributed by atoms with van der Waals surface area (Å²) in [6.07, 6.45) is 6.28. The topological polar surface area (TPSA) is 55.6 Å². The highest BCUT2D eigenvalue weighted by Gasteiger charge is 2.22. The summed E-state index contributed by atoms with van der Waals surface area (Å²) in [4.78, 5) is 9.36. The van der Waals surface area contributed by atoms with E-state index in [2.05, 4.69) is 51.1 Å². The molecule has 3 aromatic heterocycles. The predicted molar refractivity (Wildman–Crippen MR) is 102 cm³/mol. The second-order valence-electron chi connectivity index (χ2n) is 6.41. The Morgan fingerprint density at radius 2 is 2.00 bits per heavy atom. The van der Waals surface area contributed by atoms with Crippen molar-refractivity contribution >= 4 is 27.5 Å². The van der Waals surface area contributed by atoms with Crippen LogP contribution in [0.15, 0.2) is 48.1 Å². The van der Waals surface area contributed by atoms with Crippen LogP contribution >= 0.6 is 11.3 Å². The number of nitrogens with one attached hydrogen (secondary N) is 1. The molecule has 3 heterocycles. The van der Waals surface area contributed by atoms with E-state index in [4.69, 9.17) is 4.98 Å². The van der Waals surface area contributed by atoms with Crippen LogP contribution in [0.1, 0.15) is 12.8 Å². The minimum atomic E-state index is 0.617. The molecule has 1 aliphatic carbocycles.